The minimum atomic E-state index is -4.29. The van der Waals surface area contributed by atoms with Gasteiger partial charge in [0, 0.05) is 6.04 Å². The lowest BCUT2D eigenvalue weighted by Gasteiger charge is -2.18. The molecular formula is C10H19F3N2O. The lowest BCUT2D eigenvalue weighted by molar-refractivity contribution is -0.131. The van der Waals surface area contributed by atoms with Crippen LogP contribution in [0.15, 0.2) is 0 Å². The van der Waals surface area contributed by atoms with Crippen LogP contribution in [0.5, 0.6) is 0 Å². The summed E-state index contributed by atoms with van der Waals surface area (Å²) in [6.07, 6.45) is -2.55. The second-order valence-corrected chi connectivity index (χ2v) is 3.92. The van der Waals surface area contributed by atoms with Crippen LogP contribution < -0.4 is 10.6 Å². The van der Waals surface area contributed by atoms with Crippen LogP contribution in [-0.4, -0.2) is 30.7 Å². The lowest BCUT2D eigenvalue weighted by Crippen LogP contribution is -2.47. The Balaban J connectivity index is 3.90. The van der Waals surface area contributed by atoms with E-state index in [0.29, 0.717) is 0 Å². The molecule has 0 rings (SSSR count). The Morgan fingerprint density at radius 2 is 1.88 bits per heavy atom. The molecule has 0 bridgehead atoms. The zero-order valence-corrected chi connectivity index (χ0v) is 9.82. The van der Waals surface area contributed by atoms with Gasteiger partial charge in [-0.3, -0.25) is 10.1 Å². The van der Waals surface area contributed by atoms with Gasteiger partial charge in [-0.25, -0.2) is 0 Å². The number of halogens is 3. The Morgan fingerprint density at radius 3 is 2.31 bits per heavy atom. The van der Waals surface area contributed by atoms with Crippen molar-refractivity contribution in [2.75, 3.05) is 6.54 Å². The van der Waals surface area contributed by atoms with E-state index in [9.17, 15) is 18.0 Å². The van der Waals surface area contributed by atoms with Gasteiger partial charge in [0.25, 0.3) is 0 Å². The van der Waals surface area contributed by atoms with Crippen molar-refractivity contribution in [3.05, 3.63) is 0 Å². The summed E-state index contributed by atoms with van der Waals surface area (Å²) in [7, 11) is 0. The molecule has 2 atom stereocenters. The summed E-state index contributed by atoms with van der Waals surface area (Å²) in [6, 6.07) is -0.839. The van der Waals surface area contributed by atoms with E-state index in [2.05, 4.69) is 10.6 Å². The summed E-state index contributed by atoms with van der Waals surface area (Å²) < 4.78 is 35.6. The van der Waals surface area contributed by atoms with Crippen LogP contribution in [-0.2, 0) is 4.79 Å². The Morgan fingerprint density at radius 1 is 1.31 bits per heavy atom. The van der Waals surface area contributed by atoms with E-state index < -0.39 is 24.7 Å². The third kappa shape index (κ3) is 7.50. The molecule has 0 spiro atoms. The van der Waals surface area contributed by atoms with Gasteiger partial charge in [-0.15, -0.1) is 0 Å². The topological polar surface area (TPSA) is 41.1 Å². The minimum Gasteiger partial charge on any atom is -0.352 e. The third-order valence-corrected chi connectivity index (χ3v) is 2.11. The maximum Gasteiger partial charge on any atom is 0.401 e. The van der Waals surface area contributed by atoms with Gasteiger partial charge in [0.15, 0.2) is 0 Å². The Labute approximate surface area is 93.8 Å². The number of alkyl halides is 3. The van der Waals surface area contributed by atoms with Gasteiger partial charge in [0.05, 0.1) is 12.6 Å². The second kappa shape index (κ2) is 6.73. The highest BCUT2D eigenvalue weighted by Gasteiger charge is 2.28. The average molecular weight is 240 g/mol. The molecule has 0 aliphatic carbocycles. The fraction of sp³-hybridized carbons (Fsp3) is 0.900. The summed E-state index contributed by atoms with van der Waals surface area (Å²) in [5, 5.41) is 4.78. The van der Waals surface area contributed by atoms with Crippen molar-refractivity contribution in [3.63, 3.8) is 0 Å². The number of carbonyl (C=O) groups excluding carboxylic acids is 1. The van der Waals surface area contributed by atoms with Gasteiger partial charge in [0.2, 0.25) is 5.91 Å². The molecule has 3 nitrogen and oxygen atoms in total. The van der Waals surface area contributed by atoms with E-state index in [0.717, 1.165) is 12.8 Å². The van der Waals surface area contributed by atoms with E-state index in [1.807, 2.05) is 13.8 Å². The molecule has 0 radical (unpaired) electrons. The largest absolute Gasteiger partial charge is 0.401 e. The Hall–Kier alpha value is -0.780. The van der Waals surface area contributed by atoms with Gasteiger partial charge in [0.1, 0.15) is 0 Å². The fourth-order valence-electron chi connectivity index (χ4n) is 1.23. The first-order valence-electron chi connectivity index (χ1n) is 5.36. The van der Waals surface area contributed by atoms with Crippen LogP contribution in [0, 0.1) is 0 Å². The number of hydrogen-bond donors (Lipinski definition) is 2. The number of nitrogens with one attached hydrogen (secondary N) is 2. The molecule has 0 fully saturated rings. The second-order valence-electron chi connectivity index (χ2n) is 3.92. The molecule has 0 aromatic rings. The highest BCUT2D eigenvalue weighted by Crippen LogP contribution is 2.12. The zero-order valence-electron chi connectivity index (χ0n) is 9.82. The first-order chi connectivity index (χ1) is 7.26. The number of rotatable bonds is 6. The van der Waals surface area contributed by atoms with E-state index in [4.69, 9.17) is 0 Å². The molecule has 6 heteroatoms. The van der Waals surface area contributed by atoms with E-state index in [1.165, 1.54) is 6.92 Å². The van der Waals surface area contributed by atoms with Gasteiger partial charge < -0.3 is 5.32 Å². The van der Waals surface area contributed by atoms with Gasteiger partial charge in [-0.1, -0.05) is 13.3 Å². The number of hydrogen-bond acceptors (Lipinski definition) is 2. The first kappa shape index (κ1) is 15.2. The van der Waals surface area contributed by atoms with Crippen LogP contribution in [0.4, 0.5) is 13.2 Å². The molecule has 0 aromatic heterocycles. The highest BCUT2D eigenvalue weighted by atomic mass is 19.4. The maximum absolute atomic E-state index is 11.9. The molecule has 0 heterocycles. The van der Waals surface area contributed by atoms with Crippen molar-refractivity contribution in [2.24, 2.45) is 0 Å². The van der Waals surface area contributed by atoms with Gasteiger partial charge in [-0.2, -0.15) is 13.2 Å². The summed E-state index contributed by atoms with van der Waals surface area (Å²) in [4.78, 5) is 11.4. The third-order valence-electron chi connectivity index (χ3n) is 2.11. The molecule has 0 saturated heterocycles. The molecule has 1 amide bonds. The fourth-order valence-corrected chi connectivity index (χ4v) is 1.23. The smallest absolute Gasteiger partial charge is 0.352 e. The maximum atomic E-state index is 11.9. The Kier molecular flexibility index (Phi) is 6.40. The van der Waals surface area contributed by atoms with Crippen molar-refractivity contribution < 1.29 is 18.0 Å². The predicted molar refractivity (Wildman–Crippen MR) is 56.0 cm³/mol. The molecule has 16 heavy (non-hydrogen) atoms. The van der Waals surface area contributed by atoms with Gasteiger partial charge in [-0.05, 0) is 20.3 Å². The summed E-state index contributed by atoms with van der Waals surface area (Å²) >= 11 is 0. The normalized spacial score (nSPS) is 15.6. The SMILES string of the molecule is CCCC(C)NC(=O)C(C)NCC(F)(F)F. The van der Waals surface area contributed by atoms with Crippen molar-refractivity contribution in [1.82, 2.24) is 10.6 Å². The predicted octanol–water partition coefficient (Wildman–Crippen LogP) is 1.83. The first-order valence-corrected chi connectivity index (χ1v) is 5.36. The van der Waals surface area contributed by atoms with Crippen LogP contribution in [0.1, 0.15) is 33.6 Å². The zero-order chi connectivity index (χ0) is 12.8. The standard InChI is InChI=1S/C10H19F3N2O/c1-4-5-7(2)15-9(16)8(3)14-6-10(11,12)13/h7-8,14H,4-6H2,1-3H3,(H,15,16). The molecule has 2 N–H and O–H groups in total. The molecule has 0 aliphatic rings. The van der Waals surface area contributed by atoms with E-state index in [-0.39, 0.29) is 6.04 Å². The minimum absolute atomic E-state index is 0.00682. The van der Waals surface area contributed by atoms with E-state index >= 15 is 0 Å². The van der Waals surface area contributed by atoms with Crippen molar-refractivity contribution in [2.45, 2.75) is 51.9 Å². The van der Waals surface area contributed by atoms with Crippen LogP contribution in [0.3, 0.4) is 0 Å². The average Bonchev–Trinajstić information content (AvgIpc) is 2.13. The van der Waals surface area contributed by atoms with Crippen LogP contribution in [0.2, 0.25) is 0 Å². The molecule has 0 aromatic carbocycles. The van der Waals surface area contributed by atoms with Gasteiger partial charge >= 0.3 is 6.18 Å². The van der Waals surface area contributed by atoms with Crippen LogP contribution >= 0.6 is 0 Å². The number of amides is 1. The van der Waals surface area contributed by atoms with Crippen LogP contribution in [0.25, 0.3) is 0 Å². The quantitative estimate of drug-likeness (QED) is 0.743. The summed E-state index contributed by atoms with van der Waals surface area (Å²) in [6.45, 7) is 4.08. The number of carbonyl (C=O) groups is 1. The summed E-state index contributed by atoms with van der Waals surface area (Å²) in [5.41, 5.74) is 0. The van der Waals surface area contributed by atoms with Crippen molar-refractivity contribution >= 4 is 5.91 Å². The monoisotopic (exact) mass is 240 g/mol. The van der Waals surface area contributed by atoms with Crippen molar-refractivity contribution in [3.8, 4) is 0 Å². The highest BCUT2D eigenvalue weighted by molar-refractivity contribution is 5.81. The molecule has 0 aliphatic heterocycles. The lowest BCUT2D eigenvalue weighted by atomic mass is 10.2. The van der Waals surface area contributed by atoms with E-state index in [1.54, 1.807) is 0 Å². The summed E-state index contributed by atoms with van der Waals surface area (Å²) in [5.74, 6) is -0.398. The molecular weight excluding hydrogens is 221 g/mol. The van der Waals surface area contributed by atoms with Crippen molar-refractivity contribution in [1.29, 1.82) is 0 Å². The molecule has 0 saturated carbocycles. The molecule has 2 unspecified atom stereocenters. The molecule has 96 valence electrons. The Bertz CT molecular complexity index is 219.